The van der Waals surface area contributed by atoms with Gasteiger partial charge < -0.3 is 14.6 Å². The zero-order valence-corrected chi connectivity index (χ0v) is 11.7. The van der Waals surface area contributed by atoms with Gasteiger partial charge in [-0.3, -0.25) is 4.68 Å². The molecule has 1 atom stereocenters. The molecule has 19 heavy (non-hydrogen) atoms. The number of rotatable bonds is 4. The van der Waals surface area contributed by atoms with Crippen LogP contribution < -0.4 is 9.47 Å². The smallest absolute Gasteiger partial charge is 0.128 e. The van der Waals surface area contributed by atoms with Gasteiger partial charge in [-0.05, 0) is 12.1 Å². The summed E-state index contributed by atoms with van der Waals surface area (Å²) < 4.78 is 11.9. The van der Waals surface area contributed by atoms with E-state index in [1.54, 1.807) is 32.4 Å². The third-order valence-corrected chi connectivity index (χ3v) is 3.22. The fraction of sp³-hybridized carbons (Fsp3) is 0.308. The first-order valence-corrected chi connectivity index (χ1v) is 6.03. The van der Waals surface area contributed by atoms with Crippen LogP contribution in [-0.2, 0) is 7.05 Å². The topological polar surface area (TPSA) is 56.5 Å². The number of benzene rings is 1. The van der Waals surface area contributed by atoms with Gasteiger partial charge in [-0.15, -0.1) is 0 Å². The molecule has 1 unspecified atom stereocenters. The van der Waals surface area contributed by atoms with Gasteiger partial charge in [-0.2, -0.15) is 5.10 Å². The fourth-order valence-electron chi connectivity index (χ4n) is 1.92. The molecular weight excluding hydrogens is 268 g/mol. The van der Waals surface area contributed by atoms with E-state index in [9.17, 15) is 5.11 Å². The van der Waals surface area contributed by atoms with Gasteiger partial charge in [0.15, 0.2) is 0 Å². The number of hydrogen-bond donors (Lipinski definition) is 1. The summed E-state index contributed by atoms with van der Waals surface area (Å²) in [5.41, 5.74) is 1.12. The molecule has 0 aliphatic heterocycles. The summed E-state index contributed by atoms with van der Waals surface area (Å²) in [6, 6.07) is 5.21. The predicted molar refractivity (Wildman–Crippen MR) is 71.8 cm³/mol. The molecule has 2 aromatic rings. The van der Waals surface area contributed by atoms with Crippen molar-refractivity contribution in [3.63, 3.8) is 0 Å². The predicted octanol–water partition coefficient (Wildman–Crippen LogP) is 2.17. The zero-order valence-electron chi connectivity index (χ0n) is 10.9. The number of aliphatic hydroxyl groups excluding tert-OH is 1. The normalized spacial score (nSPS) is 12.3. The lowest BCUT2D eigenvalue weighted by molar-refractivity contribution is 0.204. The molecule has 6 heteroatoms. The first kappa shape index (κ1) is 13.7. The second-order valence-corrected chi connectivity index (χ2v) is 4.42. The van der Waals surface area contributed by atoms with E-state index in [2.05, 4.69) is 5.10 Å². The van der Waals surface area contributed by atoms with E-state index in [1.165, 1.54) is 18.0 Å². The van der Waals surface area contributed by atoms with Crippen molar-refractivity contribution in [1.29, 1.82) is 0 Å². The van der Waals surface area contributed by atoms with Crippen molar-refractivity contribution in [1.82, 2.24) is 9.78 Å². The maximum absolute atomic E-state index is 10.5. The minimum absolute atomic E-state index is 0.410. The summed E-state index contributed by atoms with van der Waals surface area (Å²) in [5.74, 6) is 1.19. The Labute approximate surface area is 116 Å². The van der Waals surface area contributed by atoms with Gasteiger partial charge >= 0.3 is 0 Å². The van der Waals surface area contributed by atoms with Crippen LogP contribution >= 0.6 is 11.6 Å². The van der Waals surface area contributed by atoms with Crippen LogP contribution in [-0.4, -0.2) is 29.1 Å². The van der Waals surface area contributed by atoms with E-state index in [4.69, 9.17) is 21.1 Å². The number of methoxy groups -OCH3 is 2. The van der Waals surface area contributed by atoms with Crippen molar-refractivity contribution < 1.29 is 14.6 Å². The molecule has 0 spiro atoms. The lowest BCUT2D eigenvalue weighted by Gasteiger charge is -2.16. The van der Waals surface area contributed by atoms with Gasteiger partial charge in [0.2, 0.25) is 0 Å². The summed E-state index contributed by atoms with van der Waals surface area (Å²) in [6.45, 7) is 0. The Hall–Kier alpha value is -1.72. The molecule has 102 valence electrons. The minimum atomic E-state index is -0.916. The van der Waals surface area contributed by atoms with Gasteiger partial charge in [0.25, 0.3) is 0 Å². The Balaban J connectivity index is 2.47. The Morgan fingerprint density at radius 2 is 2.05 bits per heavy atom. The molecule has 0 bridgehead atoms. The van der Waals surface area contributed by atoms with Crippen LogP contribution in [0.1, 0.15) is 17.4 Å². The molecular formula is C13H15ClN2O3. The van der Waals surface area contributed by atoms with Crippen molar-refractivity contribution >= 4 is 11.6 Å². The van der Waals surface area contributed by atoms with Crippen LogP contribution in [0, 0.1) is 0 Å². The third-order valence-electron chi connectivity index (χ3n) is 2.93. The summed E-state index contributed by atoms with van der Waals surface area (Å²) in [4.78, 5) is 0. The third kappa shape index (κ3) is 2.52. The Morgan fingerprint density at radius 3 is 2.58 bits per heavy atom. The van der Waals surface area contributed by atoms with Crippen LogP contribution in [0.25, 0.3) is 0 Å². The molecule has 0 aliphatic carbocycles. The average molecular weight is 283 g/mol. The molecule has 5 nitrogen and oxygen atoms in total. The summed E-state index contributed by atoms with van der Waals surface area (Å²) >= 11 is 6.04. The highest BCUT2D eigenvalue weighted by Gasteiger charge is 2.22. The van der Waals surface area contributed by atoms with Crippen molar-refractivity contribution in [3.8, 4) is 11.5 Å². The first-order chi connectivity index (χ1) is 9.08. The van der Waals surface area contributed by atoms with E-state index in [1.807, 2.05) is 0 Å². The molecule has 1 N–H and O–H groups in total. The molecule has 2 rings (SSSR count). The Morgan fingerprint density at radius 1 is 1.32 bits per heavy atom. The van der Waals surface area contributed by atoms with Crippen LogP contribution in [0.3, 0.4) is 0 Å². The fourth-order valence-corrected chi connectivity index (χ4v) is 2.19. The van der Waals surface area contributed by atoms with E-state index in [0.717, 1.165) is 0 Å². The monoisotopic (exact) mass is 282 g/mol. The van der Waals surface area contributed by atoms with Crippen LogP contribution in [0.15, 0.2) is 24.4 Å². The number of aliphatic hydroxyl groups is 1. The molecule has 0 saturated carbocycles. The molecule has 0 aliphatic rings. The van der Waals surface area contributed by atoms with Gasteiger partial charge in [-0.1, -0.05) is 11.6 Å². The lowest BCUT2D eigenvalue weighted by Crippen LogP contribution is -2.08. The molecule has 1 heterocycles. The van der Waals surface area contributed by atoms with Crippen LogP contribution in [0.5, 0.6) is 11.5 Å². The molecule has 1 aromatic heterocycles. The lowest BCUT2D eigenvalue weighted by atomic mass is 10.0. The van der Waals surface area contributed by atoms with E-state index < -0.39 is 6.10 Å². The number of nitrogens with zero attached hydrogens (tertiary/aromatic N) is 2. The Bertz CT molecular complexity index is 564. The van der Waals surface area contributed by atoms with E-state index in [0.29, 0.717) is 27.8 Å². The quantitative estimate of drug-likeness (QED) is 0.934. The van der Waals surface area contributed by atoms with Crippen LogP contribution in [0.4, 0.5) is 0 Å². The second kappa shape index (κ2) is 5.50. The first-order valence-electron chi connectivity index (χ1n) is 5.66. The van der Waals surface area contributed by atoms with E-state index >= 15 is 0 Å². The molecule has 0 saturated heterocycles. The summed E-state index contributed by atoms with van der Waals surface area (Å²) in [6.07, 6.45) is 0.580. The molecule has 0 radical (unpaired) electrons. The largest absolute Gasteiger partial charge is 0.497 e. The van der Waals surface area contributed by atoms with Crippen LogP contribution in [0.2, 0.25) is 5.02 Å². The number of halogens is 1. The standard InChI is InChI=1S/C13H15ClN2O3/c1-16-12(10(14)7-15-16)13(17)9-5-4-8(18-2)6-11(9)19-3/h4-7,13,17H,1-3H3. The van der Waals surface area contributed by atoms with Gasteiger partial charge in [0, 0.05) is 18.7 Å². The number of hydrogen-bond acceptors (Lipinski definition) is 4. The van der Waals surface area contributed by atoms with E-state index in [-0.39, 0.29) is 0 Å². The SMILES string of the molecule is COc1ccc(C(O)c2c(Cl)cnn2C)c(OC)c1. The zero-order chi connectivity index (χ0) is 14.0. The second-order valence-electron chi connectivity index (χ2n) is 4.01. The highest BCUT2D eigenvalue weighted by molar-refractivity contribution is 6.31. The van der Waals surface area contributed by atoms with Gasteiger partial charge in [0.1, 0.15) is 17.6 Å². The maximum atomic E-state index is 10.5. The average Bonchev–Trinajstić information content (AvgIpc) is 2.76. The Kier molecular flexibility index (Phi) is 3.97. The minimum Gasteiger partial charge on any atom is -0.497 e. The number of ether oxygens (including phenoxy) is 2. The van der Waals surface area contributed by atoms with Crippen molar-refractivity contribution in [3.05, 3.63) is 40.7 Å². The summed E-state index contributed by atoms with van der Waals surface area (Å²) in [7, 11) is 4.83. The summed E-state index contributed by atoms with van der Waals surface area (Å²) in [5, 5.41) is 14.9. The van der Waals surface area contributed by atoms with Gasteiger partial charge in [0.05, 0.1) is 31.1 Å². The number of aryl methyl sites for hydroxylation is 1. The maximum Gasteiger partial charge on any atom is 0.128 e. The number of aromatic nitrogens is 2. The molecule has 0 amide bonds. The highest BCUT2D eigenvalue weighted by Crippen LogP contribution is 2.35. The van der Waals surface area contributed by atoms with Gasteiger partial charge in [-0.25, -0.2) is 0 Å². The van der Waals surface area contributed by atoms with Crippen molar-refractivity contribution in [2.75, 3.05) is 14.2 Å². The highest BCUT2D eigenvalue weighted by atomic mass is 35.5. The molecule has 0 fully saturated rings. The molecule has 1 aromatic carbocycles. The van der Waals surface area contributed by atoms with Crippen molar-refractivity contribution in [2.45, 2.75) is 6.10 Å². The van der Waals surface area contributed by atoms with Crippen molar-refractivity contribution in [2.24, 2.45) is 7.05 Å².